The summed E-state index contributed by atoms with van der Waals surface area (Å²) >= 11 is 6.42. The van der Waals surface area contributed by atoms with E-state index in [1.54, 1.807) is 0 Å². The van der Waals surface area contributed by atoms with Gasteiger partial charge in [0, 0.05) is 18.7 Å². The van der Waals surface area contributed by atoms with Gasteiger partial charge in [-0.2, -0.15) is 4.31 Å². The molecule has 18 heavy (non-hydrogen) atoms. The predicted molar refractivity (Wildman–Crippen MR) is 68.6 cm³/mol. The van der Waals surface area contributed by atoms with Crippen molar-refractivity contribution in [1.29, 1.82) is 0 Å². The quantitative estimate of drug-likeness (QED) is 0.634. The van der Waals surface area contributed by atoms with E-state index in [4.69, 9.17) is 11.6 Å². The zero-order chi connectivity index (χ0) is 13.5. The molecular formula is C9H11ClN2O4S2. The van der Waals surface area contributed by atoms with Gasteiger partial charge in [-0.25, -0.2) is 8.42 Å². The van der Waals surface area contributed by atoms with Gasteiger partial charge in [0.15, 0.2) is 4.34 Å². The van der Waals surface area contributed by atoms with Crippen LogP contribution in [0.1, 0.15) is 19.8 Å². The van der Waals surface area contributed by atoms with Gasteiger partial charge >= 0.3 is 0 Å². The summed E-state index contributed by atoms with van der Waals surface area (Å²) in [5.41, 5.74) is -0.355. The van der Waals surface area contributed by atoms with Crippen molar-refractivity contribution >= 4 is 38.6 Å². The number of hydrogen-bond acceptors (Lipinski definition) is 5. The van der Waals surface area contributed by atoms with Crippen LogP contribution in [0.5, 0.6) is 0 Å². The zero-order valence-electron chi connectivity index (χ0n) is 9.50. The third-order valence-corrected chi connectivity index (χ3v) is 6.70. The van der Waals surface area contributed by atoms with Crippen molar-refractivity contribution < 1.29 is 13.3 Å². The summed E-state index contributed by atoms with van der Waals surface area (Å²) in [6.45, 7) is 2.28. The molecule has 0 amide bonds. The minimum absolute atomic E-state index is 0.0621. The molecule has 9 heteroatoms. The molecule has 0 saturated carbocycles. The van der Waals surface area contributed by atoms with Crippen LogP contribution in [0.3, 0.4) is 0 Å². The van der Waals surface area contributed by atoms with Gasteiger partial charge in [0.2, 0.25) is 0 Å². The molecule has 1 aliphatic heterocycles. The van der Waals surface area contributed by atoms with E-state index in [9.17, 15) is 18.5 Å². The Morgan fingerprint density at radius 1 is 1.61 bits per heavy atom. The van der Waals surface area contributed by atoms with Crippen molar-refractivity contribution in [3.63, 3.8) is 0 Å². The molecule has 6 nitrogen and oxygen atoms in total. The molecule has 100 valence electrons. The Balaban J connectivity index is 2.42. The van der Waals surface area contributed by atoms with E-state index in [1.807, 2.05) is 6.92 Å². The van der Waals surface area contributed by atoms with Gasteiger partial charge in [0.1, 0.15) is 4.21 Å². The first-order valence-corrected chi connectivity index (χ1v) is 7.93. The predicted octanol–water partition coefficient (Wildman–Crippen LogP) is 2.48. The first-order chi connectivity index (χ1) is 8.34. The maximum Gasteiger partial charge on any atom is 0.300 e. The zero-order valence-corrected chi connectivity index (χ0v) is 11.9. The standard InChI is InChI=1S/C9H11ClN2O4S2/c1-6-3-2-4-11(6)18(15,16)8-5-7(12(13)14)9(10)17-8/h5-6H,2-4H2,1H3. The van der Waals surface area contributed by atoms with Crippen LogP contribution in [-0.4, -0.2) is 30.2 Å². The third kappa shape index (κ3) is 2.25. The summed E-state index contributed by atoms with van der Waals surface area (Å²) in [5.74, 6) is 0. The van der Waals surface area contributed by atoms with Gasteiger partial charge in [-0.15, -0.1) is 11.3 Å². The second-order valence-electron chi connectivity index (χ2n) is 4.09. The number of halogens is 1. The highest BCUT2D eigenvalue weighted by molar-refractivity contribution is 7.91. The molecule has 1 aliphatic rings. The van der Waals surface area contributed by atoms with Crippen LogP contribution in [0.4, 0.5) is 5.69 Å². The van der Waals surface area contributed by atoms with Crippen LogP contribution >= 0.6 is 22.9 Å². The Labute approximate surface area is 113 Å². The van der Waals surface area contributed by atoms with Gasteiger partial charge in [-0.1, -0.05) is 11.6 Å². The SMILES string of the molecule is CC1CCCN1S(=O)(=O)c1cc([N+](=O)[O-])c(Cl)s1. The number of nitrogens with zero attached hydrogens (tertiary/aromatic N) is 2. The summed E-state index contributed by atoms with van der Waals surface area (Å²) in [7, 11) is -3.66. The monoisotopic (exact) mass is 310 g/mol. The van der Waals surface area contributed by atoms with E-state index in [0.717, 1.165) is 30.2 Å². The lowest BCUT2D eigenvalue weighted by atomic mass is 10.3. The molecule has 0 spiro atoms. The number of nitro groups is 1. The summed E-state index contributed by atoms with van der Waals surface area (Å²) in [5, 5.41) is 10.7. The average Bonchev–Trinajstić information content (AvgIpc) is 2.84. The maximum atomic E-state index is 12.3. The Morgan fingerprint density at radius 3 is 2.72 bits per heavy atom. The topological polar surface area (TPSA) is 80.5 Å². The lowest BCUT2D eigenvalue weighted by molar-refractivity contribution is -0.384. The molecule has 0 aliphatic carbocycles. The lowest BCUT2D eigenvalue weighted by Crippen LogP contribution is -2.33. The second-order valence-corrected chi connectivity index (χ2v) is 7.86. The van der Waals surface area contributed by atoms with Crippen molar-refractivity contribution in [2.24, 2.45) is 0 Å². The van der Waals surface area contributed by atoms with E-state index in [-0.39, 0.29) is 20.3 Å². The molecule has 1 saturated heterocycles. The molecular weight excluding hydrogens is 300 g/mol. The summed E-state index contributed by atoms with van der Waals surface area (Å²) in [4.78, 5) is 9.99. The number of sulfonamides is 1. The van der Waals surface area contributed by atoms with Crippen molar-refractivity contribution in [3.8, 4) is 0 Å². The van der Waals surface area contributed by atoms with Crippen LogP contribution in [0.15, 0.2) is 10.3 Å². The molecule has 2 heterocycles. The maximum absolute atomic E-state index is 12.3. The van der Waals surface area contributed by atoms with Gasteiger partial charge in [-0.3, -0.25) is 10.1 Å². The highest BCUT2D eigenvalue weighted by Gasteiger charge is 2.35. The van der Waals surface area contributed by atoms with Crippen molar-refractivity contribution in [3.05, 3.63) is 20.5 Å². The fourth-order valence-corrected chi connectivity index (χ4v) is 5.46. The van der Waals surface area contributed by atoms with Gasteiger partial charge in [0.05, 0.1) is 4.92 Å². The Bertz CT molecular complexity index is 583. The molecule has 1 aromatic rings. The molecule has 1 atom stereocenters. The molecule has 2 rings (SSSR count). The number of rotatable bonds is 3. The largest absolute Gasteiger partial charge is 0.300 e. The Hall–Kier alpha value is -0.700. The normalized spacial score (nSPS) is 21.3. The Morgan fingerprint density at radius 2 is 2.28 bits per heavy atom. The molecule has 1 unspecified atom stereocenters. The van der Waals surface area contributed by atoms with E-state index in [0.29, 0.717) is 6.54 Å². The third-order valence-electron chi connectivity index (χ3n) is 2.90. The van der Waals surface area contributed by atoms with E-state index in [1.165, 1.54) is 4.31 Å². The fourth-order valence-electron chi connectivity index (χ4n) is 1.97. The summed E-state index contributed by atoms with van der Waals surface area (Å²) < 4.78 is 25.8. The average molecular weight is 311 g/mol. The summed E-state index contributed by atoms with van der Waals surface area (Å²) in [6, 6.07) is 0.961. The van der Waals surface area contributed by atoms with Crippen molar-refractivity contribution in [2.75, 3.05) is 6.54 Å². The highest BCUT2D eigenvalue weighted by Crippen LogP contribution is 2.38. The highest BCUT2D eigenvalue weighted by atomic mass is 35.5. The molecule has 1 aromatic heterocycles. The van der Waals surface area contributed by atoms with Crippen LogP contribution in [0.25, 0.3) is 0 Å². The number of thiophene rings is 1. The molecule has 0 bridgehead atoms. The Kier molecular flexibility index (Phi) is 3.63. The molecule has 0 radical (unpaired) electrons. The fraction of sp³-hybridized carbons (Fsp3) is 0.556. The van der Waals surface area contributed by atoms with Crippen molar-refractivity contribution in [1.82, 2.24) is 4.31 Å². The molecule has 0 aromatic carbocycles. The van der Waals surface area contributed by atoms with E-state index in [2.05, 4.69) is 0 Å². The van der Waals surface area contributed by atoms with Gasteiger partial charge < -0.3 is 0 Å². The minimum Gasteiger partial charge on any atom is -0.258 e. The van der Waals surface area contributed by atoms with Crippen LogP contribution in [0, 0.1) is 10.1 Å². The molecule has 1 fully saturated rings. The van der Waals surface area contributed by atoms with E-state index >= 15 is 0 Å². The summed E-state index contributed by atoms with van der Waals surface area (Å²) in [6.07, 6.45) is 1.61. The van der Waals surface area contributed by atoms with Crippen LogP contribution in [-0.2, 0) is 10.0 Å². The lowest BCUT2D eigenvalue weighted by Gasteiger charge is -2.19. The van der Waals surface area contributed by atoms with Crippen molar-refractivity contribution in [2.45, 2.75) is 30.0 Å². The smallest absolute Gasteiger partial charge is 0.258 e. The molecule has 0 N–H and O–H groups in total. The number of hydrogen-bond donors (Lipinski definition) is 0. The van der Waals surface area contributed by atoms with Crippen LogP contribution in [0.2, 0.25) is 4.34 Å². The van der Waals surface area contributed by atoms with Crippen LogP contribution < -0.4 is 0 Å². The van der Waals surface area contributed by atoms with E-state index < -0.39 is 14.9 Å². The van der Waals surface area contributed by atoms with Gasteiger partial charge in [0.25, 0.3) is 15.7 Å². The first-order valence-electron chi connectivity index (χ1n) is 5.29. The first kappa shape index (κ1) is 13.7. The van der Waals surface area contributed by atoms with Gasteiger partial charge in [-0.05, 0) is 19.8 Å². The minimum atomic E-state index is -3.66. The second kappa shape index (κ2) is 4.76.